The van der Waals surface area contributed by atoms with Gasteiger partial charge >= 0.3 is 0 Å². The van der Waals surface area contributed by atoms with Gasteiger partial charge in [0.05, 0.1) is 7.11 Å². The monoisotopic (exact) mass is 308 g/mol. The first-order valence-corrected chi connectivity index (χ1v) is 7.16. The summed E-state index contributed by atoms with van der Waals surface area (Å²) in [6, 6.07) is 15.4. The predicted octanol–water partition coefficient (Wildman–Crippen LogP) is 4.74. The van der Waals surface area contributed by atoms with Crippen LogP contribution in [0.3, 0.4) is 0 Å². The van der Waals surface area contributed by atoms with E-state index in [1.807, 2.05) is 49.4 Å². The van der Waals surface area contributed by atoms with E-state index >= 15 is 0 Å². The molecule has 0 spiro atoms. The smallest absolute Gasteiger partial charge is 0.149 e. The third-order valence-electron chi connectivity index (χ3n) is 3.62. The molecule has 0 amide bonds. The number of hydrogen-bond donors (Lipinski definition) is 0. The van der Waals surface area contributed by atoms with E-state index in [0.29, 0.717) is 10.7 Å². The van der Waals surface area contributed by atoms with Crippen LogP contribution in [-0.2, 0) is 0 Å². The first kappa shape index (κ1) is 14.4. The highest BCUT2D eigenvalue weighted by Gasteiger charge is 2.15. The van der Waals surface area contributed by atoms with Gasteiger partial charge in [-0.1, -0.05) is 23.7 Å². The van der Waals surface area contributed by atoms with Crippen LogP contribution in [0, 0.1) is 18.3 Å². The minimum atomic E-state index is 0.389. The molecule has 0 aliphatic carbocycles. The Hall–Kier alpha value is -2.57. The van der Waals surface area contributed by atoms with Crippen LogP contribution in [-0.4, -0.2) is 12.1 Å². The zero-order valence-corrected chi connectivity index (χ0v) is 13.0. The third kappa shape index (κ3) is 2.38. The van der Waals surface area contributed by atoms with Crippen LogP contribution in [0.2, 0.25) is 5.02 Å². The minimum Gasteiger partial charge on any atom is -0.497 e. The van der Waals surface area contributed by atoms with Crippen LogP contribution in [0.4, 0.5) is 0 Å². The van der Waals surface area contributed by atoms with Crippen molar-refractivity contribution in [3.8, 4) is 22.9 Å². The summed E-state index contributed by atoms with van der Waals surface area (Å²) >= 11 is 6.10. The molecule has 22 heavy (non-hydrogen) atoms. The number of ether oxygens (including phenoxy) is 1. The highest BCUT2D eigenvalue weighted by Crippen LogP contribution is 2.35. The summed E-state index contributed by atoms with van der Waals surface area (Å²) in [5, 5.41) is 12.0. The number of rotatable bonds is 2. The second-order valence-electron chi connectivity index (χ2n) is 4.95. The number of fused-ring (bicyclic) bond motifs is 1. The van der Waals surface area contributed by atoms with Gasteiger partial charge in [-0.05, 0) is 48.2 Å². The summed E-state index contributed by atoms with van der Waals surface area (Å²) in [6.07, 6.45) is 0. The standard InChI is InChI=1S/C18H13ClN2O/c1-11-15-7-6-14(22-2)9-16(15)18(17(10-20)21-11)12-4-3-5-13(19)8-12/h3-9H,1-2H3. The Balaban J connectivity index is 2.45. The number of aromatic nitrogens is 1. The molecule has 3 aromatic rings. The maximum Gasteiger partial charge on any atom is 0.149 e. The second kappa shape index (κ2) is 5.67. The van der Waals surface area contributed by atoms with Gasteiger partial charge < -0.3 is 4.74 Å². The maximum atomic E-state index is 9.48. The maximum absolute atomic E-state index is 9.48. The Morgan fingerprint density at radius 2 is 1.95 bits per heavy atom. The van der Waals surface area contributed by atoms with E-state index in [-0.39, 0.29) is 0 Å². The molecule has 0 atom stereocenters. The SMILES string of the molecule is COc1ccc2c(C)nc(C#N)c(-c3cccc(Cl)c3)c2c1. The normalized spacial score (nSPS) is 10.5. The van der Waals surface area contributed by atoms with Crippen molar-refractivity contribution < 1.29 is 4.74 Å². The van der Waals surface area contributed by atoms with Gasteiger partial charge in [-0.3, -0.25) is 0 Å². The highest BCUT2D eigenvalue weighted by molar-refractivity contribution is 6.31. The van der Waals surface area contributed by atoms with Gasteiger partial charge in [0.25, 0.3) is 0 Å². The van der Waals surface area contributed by atoms with Crippen LogP contribution in [0.5, 0.6) is 5.75 Å². The van der Waals surface area contributed by atoms with Crippen LogP contribution < -0.4 is 4.74 Å². The molecule has 2 aromatic carbocycles. The van der Waals surface area contributed by atoms with E-state index in [1.54, 1.807) is 7.11 Å². The molecule has 0 saturated carbocycles. The lowest BCUT2D eigenvalue weighted by atomic mass is 9.96. The van der Waals surface area contributed by atoms with Crippen molar-refractivity contribution in [1.82, 2.24) is 4.98 Å². The highest BCUT2D eigenvalue weighted by atomic mass is 35.5. The Morgan fingerprint density at radius 3 is 2.64 bits per heavy atom. The van der Waals surface area contributed by atoms with Gasteiger partial charge in [-0.25, -0.2) is 4.98 Å². The summed E-state index contributed by atoms with van der Waals surface area (Å²) in [5.74, 6) is 0.741. The topological polar surface area (TPSA) is 45.9 Å². The van der Waals surface area contributed by atoms with Gasteiger partial charge in [0.2, 0.25) is 0 Å². The van der Waals surface area contributed by atoms with Crippen LogP contribution in [0.15, 0.2) is 42.5 Å². The number of pyridine rings is 1. The fraction of sp³-hybridized carbons (Fsp3) is 0.111. The molecular formula is C18H13ClN2O. The van der Waals surface area contributed by atoms with Crippen molar-refractivity contribution in [2.45, 2.75) is 6.92 Å². The number of hydrogen-bond acceptors (Lipinski definition) is 3. The Morgan fingerprint density at radius 1 is 1.14 bits per heavy atom. The molecule has 3 rings (SSSR count). The molecule has 1 heterocycles. The van der Waals surface area contributed by atoms with E-state index in [2.05, 4.69) is 11.1 Å². The summed E-state index contributed by atoms with van der Waals surface area (Å²) in [7, 11) is 1.62. The summed E-state index contributed by atoms with van der Waals surface area (Å²) in [5.41, 5.74) is 2.86. The van der Waals surface area contributed by atoms with Crippen molar-refractivity contribution in [2.75, 3.05) is 7.11 Å². The van der Waals surface area contributed by atoms with E-state index in [1.165, 1.54) is 0 Å². The summed E-state index contributed by atoms with van der Waals surface area (Å²) in [4.78, 5) is 4.44. The molecule has 0 fully saturated rings. The first-order valence-electron chi connectivity index (χ1n) is 6.78. The fourth-order valence-electron chi connectivity index (χ4n) is 2.60. The average molecular weight is 309 g/mol. The molecule has 0 bridgehead atoms. The molecule has 0 unspecified atom stereocenters. The van der Waals surface area contributed by atoms with Crippen LogP contribution in [0.25, 0.3) is 21.9 Å². The number of aryl methyl sites for hydroxylation is 1. The minimum absolute atomic E-state index is 0.389. The van der Waals surface area contributed by atoms with Gasteiger partial charge in [0.1, 0.15) is 17.5 Å². The molecule has 108 valence electrons. The molecule has 1 aromatic heterocycles. The lowest BCUT2D eigenvalue weighted by Gasteiger charge is -2.12. The third-order valence-corrected chi connectivity index (χ3v) is 3.86. The zero-order chi connectivity index (χ0) is 15.7. The van der Waals surface area contributed by atoms with Crippen molar-refractivity contribution in [1.29, 1.82) is 5.26 Å². The van der Waals surface area contributed by atoms with Gasteiger partial charge in [0, 0.05) is 21.7 Å². The Labute approximate surface area is 133 Å². The van der Waals surface area contributed by atoms with Crippen molar-refractivity contribution in [2.24, 2.45) is 0 Å². The number of methoxy groups -OCH3 is 1. The number of nitriles is 1. The van der Waals surface area contributed by atoms with Crippen LogP contribution >= 0.6 is 11.6 Å². The average Bonchev–Trinajstić information content (AvgIpc) is 2.54. The van der Waals surface area contributed by atoms with E-state index in [9.17, 15) is 5.26 Å². The lowest BCUT2D eigenvalue weighted by molar-refractivity contribution is 0.415. The number of halogens is 1. The second-order valence-corrected chi connectivity index (χ2v) is 5.39. The molecule has 0 saturated heterocycles. The predicted molar refractivity (Wildman–Crippen MR) is 88.2 cm³/mol. The molecule has 4 heteroatoms. The molecule has 0 radical (unpaired) electrons. The zero-order valence-electron chi connectivity index (χ0n) is 12.2. The van der Waals surface area contributed by atoms with Crippen molar-refractivity contribution in [3.05, 3.63) is 58.9 Å². The fourth-order valence-corrected chi connectivity index (χ4v) is 2.79. The van der Waals surface area contributed by atoms with Crippen molar-refractivity contribution >= 4 is 22.4 Å². The molecular weight excluding hydrogens is 296 g/mol. The molecule has 3 nitrogen and oxygen atoms in total. The van der Waals surface area contributed by atoms with Crippen molar-refractivity contribution in [3.63, 3.8) is 0 Å². The molecule has 0 N–H and O–H groups in total. The lowest BCUT2D eigenvalue weighted by Crippen LogP contribution is -1.96. The quantitative estimate of drug-likeness (QED) is 0.686. The van der Waals surface area contributed by atoms with Crippen LogP contribution in [0.1, 0.15) is 11.4 Å². The summed E-state index contributed by atoms with van der Waals surface area (Å²) < 4.78 is 5.32. The van der Waals surface area contributed by atoms with E-state index in [0.717, 1.165) is 33.3 Å². The van der Waals surface area contributed by atoms with Gasteiger partial charge in [-0.2, -0.15) is 5.26 Å². The van der Waals surface area contributed by atoms with Gasteiger partial charge in [0.15, 0.2) is 0 Å². The Kier molecular flexibility index (Phi) is 3.70. The summed E-state index contributed by atoms with van der Waals surface area (Å²) in [6.45, 7) is 1.90. The number of nitrogens with zero attached hydrogens (tertiary/aromatic N) is 2. The molecule has 0 aliphatic heterocycles. The van der Waals surface area contributed by atoms with Gasteiger partial charge in [-0.15, -0.1) is 0 Å². The molecule has 0 aliphatic rings. The Bertz CT molecular complexity index is 913. The first-order chi connectivity index (χ1) is 10.6. The number of benzene rings is 2. The van der Waals surface area contributed by atoms with E-state index in [4.69, 9.17) is 16.3 Å². The largest absolute Gasteiger partial charge is 0.497 e. The van der Waals surface area contributed by atoms with E-state index < -0.39 is 0 Å².